The molecule has 1 rings (SSSR count). The first-order valence-electron chi connectivity index (χ1n) is 7.55. The lowest BCUT2D eigenvalue weighted by atomic mass is 10.1. The van der Waals surface area contributed by atoms with Crippen molar-refractivity contribution in [1.82, 2.24) is 4.98 Å². The smallest absolute Gasteiger partial charge is 0.153 e. The molecular weight excluding hydrogens is 302 g/mol. The van der Waals surface area contributed by atoms with E-state index in [4.69, 9.17) is 0 Å². The molecule has 24 heavy (non-hydrogen) atoms. The van der Waals surface area contributed by atoms with Crippen LogP contribution in [0.2, 0.25) is 0 Å². The maximum atomic E-state index is 11.5. The number of rotatable bonds is 12. The number of anilines is 2. The minimum Gasteiger partial charge on any atom is -0.349 e. The van der Waals surface area contributed by atoms with E-state index in [1.807, 2.05) is 9.80 Å². The number of carbonyl (C=O) groups is 2. The zero-order valence-electron chi connectivity index (χ0n) is 13.9. The molecule has 0 aromatic carbocycles. The summed E-state index contributed by atoms with van der Waals surface area (Å²) in [5.74, 6) is 0.979. The quantitative estimate of drug-likeness (QED) is 0.437. The molecule has 0 unspecified atom stereocenters. The van der Waals surface area contributed by atoms with Gasteiger partial charge in [-0.25, -0.2) is 4.98 Å². The van der Waals surface area contributed by atoms with Crippen molar-refractivity contribution in [2.45, 2.75) is 0 Å². The lowest BCUT2D eigenvalue weighted by molar-refractivity contribution is 0.112. The minimum atomic E-state index is 0.349. The summed E-state index contributed by atoms with van der Waals surface area (Å²) in [6.07, 6.45) is 8.28. The highest BCUT2D eigenvalue weighted by Gasteiger charge is 2.18. The molecule has 5 nitrogen and oxygen atoms in total. The van der Waals surface area contributed by atoms with Crippen molar-refractivity contribution in [1.29, 1.82) is 0 Å². The Labute approximate surface area is 143 Å². The molecule has 0 N–H and O–H groups in total. The fraction of sp³-hybridized carbons (Fsp3) is 0.211. The van der Waals surface area contributed by atoms with Gasteiger partial charge < -0.3 is 9.80 Å². The summed E-state index contributed by atoms with van der Waals surface area (Å²) in [4.78, 5) is 31.2. The van der Waals surface area contributed by atoms with Gasteiger partial charge in [-0.05, 0) is 6.07 Å². The fourth-order valence-electron chi connectivity index (χ4n) is 2.32. The molecule has 0 amide bonds. The fourth-order valence-corrected chi connectivity index (χ4v) is 2.32. The van der Waals surface area contributed by atoms with Crippen LogP contribution in [0.4, 0.5) is 11.6 Å². The van der Waals surface area contributed by atoms with E-state index in [2.05, 4.69) is 31.3 Å². The maximum absolute atomic E-state index is 11.5. The molecule has 126 valence electrons. The SMILES string of the molecule is C=CCN(CC=C)c1nc(N(CC=C)CC=C)c(C=O)cc1C=O. The maximum Gasteiger partial charge on any atom is 0.153 e. The topological polar surface area (TPSA) is 53.5 Å². The van der Waals surface area contributed by atoms with Gasteiger partial charge in [0.05, 0.1) is 11.1 Å². The number of carbonyl (C=O) groups excluding carboxylic acids is 2. The molecule has 5 heteroatoms. The van der Waals surface area contributed by atoms with Gasteiger partial charge in [-0.15, -0.1) is 26.3 Å². The van der Waals surface area contributed by atoms with Crippen molar-refractivity contribution in [2.24, 2.45) is 0 Å². The molecule has 0 saturated heterocycles. The summed E-state index contributed by atoms with van der Waals surface area (Å²) < 4.78 is 0. The van der Waals surface area contributed by atoms with Crippen molar-refractivity contribution in [3.05, 3.63) is 67.8 Å². The van der Waals surface area contributed by atoms with Gasteiger partial charge in [-0.2, -0.15) is 0 Å². The standard InChI is InChI=1S/C19H23N3O2/c1-5-9-21(10-6-2)18-16(14-23)13-17(15-24)19(20-18)22(11-7-3)12-8-4/h5-8,13-15H,1-4,9-12H2. The van der Waals surface area contributed by atoms with Crippen molar-refractivity contribution >= 4 is 24.2 Å². The van der Waals surface area contributed by atoms with Crippen LogP contribution in [0.3, 0.4) is 0 Å². The van der Waals surface area contributed by atoms with Gasteiger partial charge >= 0.3 is 0 Å². The summed E-state index contributed by atoms with van der Waals surface area (Å²) in [6, 6.07) is 1.55. The number of aldehydes is 2. The second-order valence-electron chi connectivity index (χ2n) is 5.01. The Morgan fingerprint density at radius 2 is 1.08 bits per heavy atom. The van der Waals surface area contributed by atoms with E-state index in [9.17, 15) is 9.59 Å². The largest absolute Gasteiger partial charge is 0.349 e. The lowest BCUT2D eigenvalue weighted by Gasteiger charge is -2.27. The minimum absolute atomic E-state index is 0.349. The summed E-state index contributed by atoms with van der Waals surface area (Å²) in [5.41, 5.74) is 0.698. The van der Waals surface area contributed by atoms with Gasteiger partial charge in [0.1, 0.15) is 11.6 Å². The molecule has 0 aliphatic rings. The predicted molar refractivity (Wildman–Crippen MR) is 100 cm³/mol. The summed E-state index contributed by atoms with van der Waals surface area (Å²) in [7, 11) is 0. The monoisotopic (exact) mass is 325 g/mol. The normalized spacial score (nSPS) is 9.67. The molecule has 0 spiro atoms. The highest BCUT2D eigenvalue weighted by Crippen LogP contribution is 2.25. The van der Waals surface area contributed by atoms with Gasteiger partial charge in [0.25, 0.3) is 0 Å². The van der Waals surface area contributed by atoms with Gasteiger partial charge in [-0.3, -0.25) is 9.59 Å². The van der Waals surface area contributed by atoms with E-state index < -0.39 is 0 Å². The zero-order valence-corrected chi connectivity index (χ0v) is 13.9. The highest BCUT2D eigenvalue weighted by molar-refractivity contribution is 5.91. The molecule has 1 aromatic rings. The Hall–Kier alpha value is -2.95. The molecular formula is C19H23N3O2. The molecule has 0 aliphatic carbocycles. The first-order chi connectivity index (χ1) is 11.7. The number of aromatic nitrogens is 1. The van der Waals surface area contributed by atoms with E-state index in [0.717, 1.165) is 0 Å². The van der Waals surface area contributed by atoms with Crippen LogP contribution >= 0.6 is 0 Å². The molecule has 0 aliphatic heterocycles. The average molecular weight is 325 g/mol. The number of pyridine rings is 1. The van der Waals surface area contributed by atoms with Gasteiger partial charge in [0.2, 0.25) is 0 Å². The van der Waals surface area contributed by atoms with E-state index in [0.29, 0.717) is 61.5 Å². The molecule has 0 bridgehead atoms. The first-order valence-corrected chi connectivity index (χ1v) is 7.55. The first kappa shape index (κ1) is 19.1. The Kier molecular flexibility index (Phi) is 7.91. The Morgan fingerprint density at radius 1 is 0.750 bits per heavy atom. The van der Waals surface area contributed by atoms with Gasteiger partial charge in [0.15, 0.2) is 12.6 Å². The molecule has 1 heterocycles. The van der Waals surface area contributed by atoms with Gasteiger partial charge in [-0.1, -0.05) is 24.3 Å². The third kappa shape index (κ3) is 4.52. The van der Waals surface area contributed by atoms with Crippen molar-refractivity contribution in [3.63, 3.8) is 0 Å². The third-order valence-corrected chi connectivity index (χ3v) is 3.29. The van der Waals surface area contributed by atoms with Crippen molar-refractivity contribution in [2.75, 3.05) is 36.0 Å². The summed E-state index contributed by atoms with van der Waals surface area (Å²) in [6.45, 7) is 16.9. The Morgan fingerprint density at radius 3 is 1.33 bits per heavy atom. The molecule has 0 atom stereocenters. The van der Waals surface area contributed by atoms with Crippen molar-refractivity contribution < 1.29 is 9.59 Å². The van der Waals surface area contributed by atoms with Crippen LogP contribution in [0.1, 0.15) is 20.7 Å². The Bertz CT molecular complexity index is 566. The van der Waals surface area contributed by atoms with Crippen LogP contribution in [0.25, 0.3) is 0 Å². The van der Waals surface area contributed by atoms with E-state index in [-0.39, 0.29) is 0 Å². The third-order valence-electron chi connectivity index (χ3n) is 3.29. The van der Waals surface area contributed by atoms with Crippen LogP contribution in [-0.4, -0.2) is 43.7 Å². The van der Waals surface area contributed by atoms with E-state index in [1.54, 1.807) is 30.4 Å². The molecule has 0 saturated carbocycles. The van der Waals surface area contributed by atoms with Crippen molar-refractivity contribution in [3.8, 4) is 0 Å². The van der Waals surface area contributed by atoms with E-state index >= 15 is 0 Å². The van der Waals surface area contributed by atoms with Gasteiger partial charge in [0, 0.05) is 26.2 Å². The molecule has 0 radical (unpaired) electrons. The number of hydrogen-bond donors (Lipinski definition) is 0. The zero-order chi connectivity index (χ0) is 17.9. The molecule has 1 aromatic heterocycles. The highest BCUT2D eigenvalue weighted by atomic mass is 16.1. The summed E-state index contributed by atoms with van der Waals surface area (Å²) >= 11 is 0. The van der Waals surface area contributed by atoms with Crippen LogP contribution in [0, 0.1) is 0 Å². The number of hydrogen-bond acceptors (Lipinski definition) is 5. The number of nitrogens with zero attached hydrogens (tertiary/aromatic N) is 3. The lowest BCUT2D eigenvalue weighted by Crippen LogP contribution is -2.29. The van der Waals surface area contributed by atoms with Crippen LogP contribution in [0.5, 0.6) is 0 Å². The Balaban J connectivity index is 3.54. The van der Waals surface area contributed by atoms with Crippen LogP contribution < -0.4 is 9.80 Å². The predicted octanol–water partition coefficient (Wildman–Crippen LogP) is 3.06. The van der Waals surface area contributed by atoms with E-state index in [1.165, 1.54) is 0 Å². The second kappa shape index (κ2) is 9.94. The average Bonchev–Trinajstić information content (AvgIpc) is 2.60. The second-order valence-corrected chi connectivity index (χ2v) is 5.01. The van der Waals surface area contributed by atoms with Crippen LogP contribution in [0.15, 0.2) is 56.7 Å². The summed E-state index contributed by atoms with van der Waals surface area (Å²) in [5, 5.41) is 0. The molecule has 0 fully saturated rings. The van der Waals surface area contributed by atoms with Crippen LogP contribution in [-0.2, 0) is 0 Å².